The third-order valence-electron chi connectivity index (χ3n) is 10.8. The minimum absolute atomic E-state index is 0.0122. The molecule has 268 valence electrons. The number of hydrogen-bond acceptors (Lipinski definition) is 8. The highest BCUT2D eigenvalue weighted by molar-refractivity contribution is 6.38. The molecular weight excluding hydrogens is 626 g/mol. The summed E-state index contributed by atoms with van der Waals surface area (Å²) in [5.74, 6) is -3.20. The van der Waals surface area contributed by atoms with E-state index in [1.165, 1.54) is 23.5 Å². The lowest BCUT2D eigenvalue weighted by Crippen LogP contribution is -2.62. The second-order valence-electron chi connectivity index (χ2n) is 15.5. The Morgan fingerprint density at radius 2 is 1.69 bits per heavy atom. The van der Waals surface area contributed by atoms with Crippen LogP contribution in [-0.2, 0) is 24.0 Å². The van der Waals surface area contributed by atoms with Crippen LogP contribution < -0.4 is 16.0 Å². The number of Topliss-reactive ketones (excluding diaryl/α,β-unsaturated/α-hetero) is 1. The largest absolute Gasteiger partial charge is 0.347 e. The molecule has 2 saturated carbocycles. The molecule has 2 aliphatic carbocycles. The third-order valence-corrected chi connectivity index (χ3v) is 10.8. The molecule has 13 heteroatoms. The topological polar surface area (TPSA) is 171 Å². The van der Waals surface area contributed by atoms with E-state index >= 15 is 0 Å². The number of aromatic nitrogens is 2. The molecular formula is C36H53N7O6. The van der Waals surface area contributed by atoms with Crippen LogP contribution in [0.25, 0.3) is 0 Å². The maximum absolute atomic E-state index is 14.6. The van der Waals surface area contributed by atoms with Crippen molar-refractivity contribution < 1.29 is 28.8 Å². The highest BCUT2D eigenvalue weighted by Gasteiger charge is 2.53. The Hall–Kier alpha value is -3.90. The van der Waals surface area contributed by atoms with Gasteiger partial charge in [-0.05, 0) is 61.7 Å². The number of fused-ring (bicyclic) bond motifs is 2. The van der Waals surface area contributed by atoms with E-state index in [0.29, 0.717) is 32.4 Å². The molecule has 5 rings (SSSR count). The molecule has 0 aromatic carbocycles. The van der Waals surface area contributed by atoms with Gasteiger partial charge in [0.1, 0.15) is 29.9 Å². The van der Waals surface area contributed by atoms with Crippen LogP contribution in [0.15, 0.2) is 18.6 Å². The van der Waals surface area contributed by atoms with Crippen LogP contribution >= 0.6 is 0 Å². The molecule has 6 atom stereocenters. The Balaban J connectivity index is 1.37. The number of nitrogens with one attached hydrogen (secondary N) is 3. The summed E-state index contributed by atoms with van der Waals surface area (Å²) in [6.07, 6.45) is 11.9. The lowest BCUT2D eigenvalue weighted by molar-refractivity contribution is -0.153. The number of hydrogen-bond donors (Lipinski definition) is 3. The van der Waals surface area contributed by atoms with E-state index in [0.717, 1.165) is 44.9 Å². The van der Waals surface area contributed by atoms with Gasteiger partial charge in [0.25, 0.3) is 11.8 Å². The van der Waals surface area contributed by atoms with Crippen molar-refractivity contribution in [2.45, 2.75) is 129 Å². The highest BCUT2D eigenvalue weighted by atomic mass is 16.2. The molecule has 2 saturated heterocycles. The molecule has 1 aromatic rings. The maximum atomic E-state index is 14.6. The number of carbonyl (C=O) groups is 6. The van der Waals surface area contributed by atoms with E-state index in [2.05, 4.69) is 25.9 Å². The van der Waals surface area contributed by atoms with Crippen LogP contribution in [0.4, 0.5) is 0 Å². The summed E-state index contributed by atoms with van der Waals surface area (Å²) in [5.41, 5.74) is -0.638. The molecule has 0 radical (unpaired) electrons. The van der Waals surface area contributed by atoms with Gasteiger partial charge in [-0.15, -0.1) is 0 Å². The number of amides is 5. The monoisotopic (exact) mass is 679 g/mol. The van der Waals surface area contributed by atoms with Gasteiger partial charge in [0.2, 0.25) is 23.5 Å². The number of likely N-dealkylation sites (tertiary alicyclic amines) is 2. The van der Waals surface area contributed by atoms with Gasteiger partial charge in [-0.25, -0.2) is 4.98 Å². The number of nitrogens with zero attached hydrogens (tertiary/aromatic N) is 4. The quantitative estimate of drug-likeness (QED) is 0.283. The molecule has 5 amide bonds. The smallest absolute Gasteiger partial charge is 0.289 e. The van der Waals surface area contributed by atoms with Crippen molar-refractivity contribution in [2.24, 2.45) is 23.2 Å². The van der Waals surface area contributed by atoms with Crippen molar-refractivity contribution >= 4 is 35.3 Å². The van der Waals surface area contributed by atoms with Gasteiger partial charge >= 0.3 is 0 Å². The molecule has 0 unspecified atom stereocenters. The van der Waals surface area contributed by atoms with Crippen LogP contribution in [-0.4, -0.2) is 98.4 Å². The summed E-state index contributed by atoms with van der Waals surface area (Å²) in [6.45, 7) is 10.2. The predicted molar refractivity (Wildman–Crippen MR) is 181 cm³/mol. The Bertz CT molecular complexity index is 1400. The van der Waals surface area contributed by atoms with Gasteiger partial charge in [0.15, 0.2) is 0 Å². The minimum Gasteiger partial charge on any atom is -0.347 e. The van der Waals surface area contributed by atoms with Crippen LogP contribution in [0.5, 0.6) is 0 Å². The van der Waals surface area contributed by atoms with Gasteiger partial charge in [-0.2, -0.15) is 0 Å². The van der Waals surface area contributed by atoms with Crippen molar-refractivity contribution in [1.82, 2.24) is 35.7 Å². The second-order valence-corrected chi connectivity index (χ2v) is 15.5. The predicted octanol–water partition coefficient (Wildman–Crippen LogP) is 2.40. The first-order chi connectivity index (χ1) is 23.3. The fourth-order valence-corrected chi connectivity index (χ4v) is 7.79. The number of ketones is 1. The van der Waals surface area contributed by atoms with Crippen molar-refractivity contribution in [3.05, 3.63) is 24.3 Å². The summed E-state index contributed by atoms with van der Waals surface area (Å²) in [4.78, 5) is 93.7. The molecule has 4 fully saturated rings. The molecule has 4 aliphatic rings. The number of carbonyl (C=O) groups excluding carboxylic acids is 6. The molecule has 3 heterocycles. The zero-order valence-corrected chi connectivity index (χ0v) is 29.6. The van der Waals surface area contributed by atoms with E-state index in [4.69, 9.17) is 0 Å². The summed E-state index contributed by atoms with van der Waals surface area (Å²) in [5, 5.41) is 8.67. The van der Waals surface area contributed by atoms with Crippen LogP contribution in [0, 0.1) is 23.2 Å². The maximum Gasteiger partial charge on any atom is 0.289 e. The summed E-state index contributed by atoms with van der Waals surface area (Å²) in [7, 11) is 0. The molecule has 1 aromatic heterocycles. The molecule has 13 nitrogen and oxygen atoms in total. The zero-order chi connectivity index (χ0) is 35.5. The second kappa shape index (κ2) is 15.3. The van der Waals surface area contributed by atoms with E-state index in [1.807, 2.05) is 34.6 Å². The van der Waals surface area contributed by atoms with Crippen molar-refractivity contribution in [2.75, 3.05) is 13.1 Å². The van der Waals surface area contributed by atoms with Gasteiger partial charge in [0.05, 0.1) is 6.20 Å². The minimum atomic E-state index is -0.994. The first kappa shape index (κ1) is 36.4. The molecule has 2 bridgehead atoms. The normalized spacial score (nSPS) is 24.8. The molecule has 2 aliphatic heterocycles. The first-order valence-corrected chi connectivity index (χ1v) is 18.1. The summed E-state index contributed by atoms with van der Waals surface area (Å²) < 4.78 is 0. The van der Waals surface area contributed by atoms with Crippen LogP contribution in [0.1, 0.15) is 109 Å². The standard InChI is InChI=1S/C36H53N7O6/c1-6-10-26(29(44)33(47)39-24-13-14-24)42-18-15-23-20-43(28(21(23)2)34(42)48)35(49)30(36(3,4)5)41-32(46)27(22-11-8-7-9-12-22)40-31(45)25-19-37-16-17-38-25/h16-17,19,21-24,26-28,30H,6-15,18,20H2,1-5H3,(H,39,47)(H,40,45)(H,41,46)/t21-,23-,26-,27-,28-,30+/m0/s1. The average Bonchev–Trinajstić information content (AvgIpc) is 3.85. The molecule has 49 heavy (non-hydrogen) atoms. The third kappa shape index (κ3) is 8.29. The van der Waals surface area contributed by atoms with Crippen LogP contribution in [0.3, 0.4) is 0 Å². The Morgan fingerprint density at radius 3 is 2.31 bits per heavy atom. The summed E-state index contributed by atoms with van der Waals surface area (Å²) >= 11 is 0. The molecule has 0 spiro atoms. The lowest BCUT2D eigenvalue weighted by Gasteiger charge is -2.40. The van der Waals surface area contributed by atoms with Crippen LogP contribution in [0.2, 0.25) is 0 Å². The van der Waals surface area contributed by atoms with E-state index in [9.17, 15) is 28.8 Å². The Labute approximate surface area is 289 Å². The van der Waals surface area contributed by atoms with Gasteiger partial charge in [0, 0.05) is 31.5 Å². The highest BCUT2D eigenvalue weighted by Crippen LogP contribution is 2.39. The first-order valence-electron chi connectivity index (χ1n) is 18.1. The van der Waals surface area contributed by atoms with Gasteiger partial charge in [-0.1, -0.05) is 60.3 Å². The molecule has 3 N–H and O–H groups in total. The Kier molecular flexibility index (Phi) is 11.4. The number of rotatable bonds is 12. The van der Waals surface area contributed by atoms with Gasteiger partial charge in [-0.3, -0.25) is 33.8 Å². The zero-order valence-electron chi connectivity index (χ0n) is 29.6. The summed E-state index contributed by atoms with van der Waals surface area (Å²) in [6, 6.07) is -3.58. The van der Waals surface area contributed by atoms with Gasteiger partial charge < -0.3 is 25.8 Å². The fourth-order valence-electron chi connectivity index (χ4n) is 7.79. The van der Waals surface area contributed by atoms with Crippen molar-refractivity contribution in [3.8, 4) is 0 Å². The Morgan fingerprint density at radius 1 is 0.980 bits per heavy atom. The lowest BCUT2D eigenvalue weighted by atomic mass is 9.82. The van der Waals surface area contributed by atoms with E-state index in [-0.39, 0.29) is 41.3 Å². The fraction of sp³-hybridized carbons (Fsp3) is 0.722. The SMILES string of the molecule is CCC[C@@H](C(=O)C(=O)NC1CC1)N1CC[C@H]2CN(C(=O)[C@@H](NC(=O)[C@@H](NC(=O)c3cnccn3)C3CCCCC3)C(C)(C)C)[C@H](C1=O)[C@H]2C. The average molecular weight is 680 g/mol. The van der Waals surface area contributed by atoms with Crippen molar-refractivity contribution in [1.29, 1.82) is 0 Å². The van der Waals surface area contributed by atoms with E-state index < -0.39 is 53.1 Å². The van der Waals surface area contributed by atoms with E-state index in [1.54, 1.807) is 4.90 Å². The van der Waals surface area contributed by atoms with Crippen molar-refractivity contribution in [3.63, 3.8) is 0 Å².